The maximum absolute atomic E-state index is 12.1. The summed E-state index contributed by atoms with van der Waals surface area (Å²) in [7, 11) is 1.53. The van der Waals surface area contributed by atoms with Gasteiger partial charge in [0.1, 0.15) is 12.4 Å². The van der Waals surface area contributed by atoms with Crippen LogP contribution in [-0.2, 0) is 14.3 Å². The SMILES string of the molecule is COCCOC(=O)Nc1cccc(NC(=O)CCCOc2ccc(Cl)cc2C)c1. The van der Waals surface area contributed by atoms with Gasteiger partial charge in [0.15, 0.2) is 0 Å². The first kappa shape index (κ1) is 22.5. The Morgan fingerprint density at radius 3 is 2.48 bits per heavy atom. The highest BCUT2D eigenvalue weighted by atomic mass is 35.5. The third kappa shape index (κ3) is 8.41. The minimum absolute atomic E-state index is 0.138. The standard InChI is InChI=1S/C21H25ClN2O5/c1-15-13-16(22)8-9-19(15)28-10-4-7-20(25)23-17-5-3-6-18(14-17)24-21(26)29-12-11-27-2/h3,5-6,8-9,13-14H,4,7,10-12H2,1-2H3,(H,23,25)(H,24,26). The highest BCUT2D eigenvalue weighted by Gasteiger charge is 2.07. The second-order valence-corrected chi connectivity index (χ2v) is 6.68. The molecule has 0 aliphatic carbocycles. The van der Waals surface area contributed by atoms with Crippen LogP contribution in [0.25, 0.3) is 0 Å². The highest BCUT2D eigenvalue weighted by molar-refractivity contribution is 6.30. The molecule has 2 aromatic rings. The summed E-state index contributed by atoms with van der Waals surface area (Å²) in [6, 6.07) is 12.2. The van der Waals surface area contributed by atoms with Crippen molar-refractivity contribution in [3.05, 3.63) is 53.1 Å². The lowest BCUT2D eigenvalue weighted by atomic mass is 10.2. The minimum atomic E-state index is -0.583. The zero-order valence-corrected chi connectivity index (χ0v) is 17.3. The fourth-order valence-electron chi connectivity index (χ4n) is 2.46. The summed E-state index contributed by atoms with van der Waals surface area (Å²) in [6.45, 7) is 2.83. The minimum Gasteiger partial charge on any atom is -0.493 e. The smallest absolute Gasteiger partial charge is 0.411 e. The summed E-state index contributed by atoms with van der Waals surface area (Å²) in [5, 5.41) is 6.06. The topological polar surface area (TPSA) is 85.9 Å². The molecule has 0 radical (unpaired) electrons. The normalized spacial score (nSPS) is 10.3. The van der Waals surface area contributed by atoms with E-state index in [1.165, 1.54) is 7.11 Å². The van der Waals surface area contributed by atoms with Crippen molar-refractivity contribution >= 4 is 35.0 Å². The highest BCUT2D eigenvalue weighted by Crippen LogP contribution is 2.22. The van der Waals surface area contributed by atoms with Gasteiger partial charge in [0.2, 0.25) is 5.91 Å². The number of hydrogen-bond donors (Lipinski definition) is 2. The Morgan fingerprint density at radius 2 is 1.76 bits per heavy atom. The number of rotatable bonds is 10. The predicted octanol–water partition coefficient (Wildman–Crippen LogP) is 4.64. The number of amides is 2. The van der Waals surface area contributed by atoms with Gasteiger partial charge in [-0.2, -0.15) is 0 Å². The first-order chi connectivity index (χ1) is 14.0. The summed E-state index contributed by atoms with van der Waals surface area (Å²) >= 11 is 5.92. The first-order valence-corrected chi connectivity index (χ1v) is 9.57. The summed E-state index contributed by atoms with van der Waals surface area (Å²) < 4.78 is 15.4. The van der Waals surface area contributed by atoms with Gasteiger partial charge in [0, 0.05) is 29.9 Å². The van der Waals surface area contributed by atoms with E-state index in [-0.39, 0.29) is 12.5 Å². The Hall–Kier alpha value is -2.77. The van der Waals surface area contributed by atoms with Crippen molar-refractivity contribution < 1.29 is 23.8 Å². The molecule has 0 atom stereocenters. The van der Waals surface area contributed by atoms with Crippen LogP contribution in [-0.4, -0.2) is 38.9 Å². The molecule has 0 heterocycles. The molecule has 8 heteroatoms. The van der Waals surface area contributed by atoms with Crippen molar-refractivity contribution in [2.75, 3.05) is 37.6 Å². The molecular weight excluding hydrogens is 396 g/mol. The number of nitrogens with one attached hydrogen (secondary N) is 2. The maximum atomic E-state index is 12.1. The molecule has 0 saturated heterocycles. The van der Waals surface area contributed by atoms with E-state index in [0.717, 1.165) is 11.3 Å². The summed E-state index contributed by atoms with van der Waals surface area (Å²) in [5.41, 5.74) is 2.05. The fraction of sp³-hybridized carbons (Fsp3) is 0.333. The van der Waals surface area contributed by atoms with Gasteiger partial charge in [-0.15, -0.1) is 0 Å². The molecule has 2 amide bonds. The van der Waals surface area contributed by atoms with E-state index in [0.29, 0.717) is 42.5 Å². The Bertz CT molecular complexity index is 828. The van der Waals surface area contributed by atoms with Crippen LogP contribution >= 0.6 is 11.6 Å². The van der Waals surface area contributed by atoms with Gasteiger partial charge in [-0.25, -0.2) is 4.79 Å². The van der Waals surface area contributed by atoms with E-state index >= 15 is 0 Å². The summed E-state index contributed by atoms with van der Waals surface area (Å²) in [6.07, 6.45) is 0.293. The second-order valence-electron chi connectivity index (χ2n) is 6.24. The molecular formula is C21H25ClN2O5. The van der Waals surface area contributed by atoms with Crippen molar-refractivity contribution in [2.45, 2.75) is 19.8 Å². The lowest BCUT2D eigenvalue weighted by Gasteiger charge is -2.10. The Labute approximate surface area is 175 Å². The molecule has 29 heavy (non-hydrogen) atoms. The van der Waals surface area contributed by atoms with Crippen LogP contribution in [0.2, 0.25) is 5.02 Å². The number of hydrogen-bond acceptors (Lipinski definition) is 5. The van der Waals surface area contributed by atoms with Crippen LogP contribution in [0.4, 0.5) is 16.2 Å². The quantitative estimate of drug-likeness (QED) is 0.547. The summed E-state index contributed by atoms with van der Waals surface area (Å²) in [5.74, 6) is 0.618. The summed E-state index contributed by atoms with van der Waals surface area (Å²) in [4.78, 5) is 23.8. The number of methoxy groups -OCH3 is 1. The van der Waals surface area contributed by atoms with Crippen LogP contribution in [0.5, 0.6) is 5.75 Å². The van der Waals surface area contributed by atoms with Crippen molar-refractivity contribution in [3.8, 4) is 5.75 Å². The molecule has 0 aliphatic rings. The van der Waals surface area contributed by atoms with Crippen molar-refractivity contribution in [1.82, 2.24) is 0 Å². The molecule has 0 bridgehead atoms. The molecule has 0 unspecified atom stereocenters. The third-order valence-corrected chi connectivity index (χ3v) is 4.09. The molecule has 7 nitrogen and oxygen atoms in total. The van der Waals surface area contributed by atoms with Gasteiger partial charge in [-0.1, -0.05) is 17.7 Å². The molecule has 0 aliphatic heterocycles. The Balaban J connectivity index is 1.73. The number of carbonyl (C=O) groups excluding carboxylic acids is 2. The van der Waals surface area contributed by atoms with Crippen molar-refractivity contribution in [2.24, 2.45) is 0 Å². The van der Waals surface area contributed by atoms with Gasteiger partial charge in [0.05, 0.1) is 13.2 Å². The molecule has 0 fully saturated rings. The largest absolute Gasteiger partial charge is 0.493 e. The Morgan fingerprint density at radius 1 is 1.00 bits per heavy atom. The van der Waals surface area contributed by atoms with E-state index in [1.807, 2.05) is 19.1 Å². The van der Waals surface area contributed by atoms with Crippen molar-refractivity contribution in [1.29, 1.82) is 0 Å². The maximum Gasteiger partial charge on any atom is 0.411 e. The number of anilines is 2. The van der Waals surface area contributed by atoms with Crippen LogP contribution in [0, 0.1) is 6.92 Å². The number of benzene rings is 2. The second kappa shape index (κ2) is 11.9. The number of carbonyl (C=O) groups is 2. The monoisotopic (exact) mass is 420 g/mol. The lowest BCUT2D eigenvalue weighted by molar-refractivity contribution is -0.116. The zero-order chi connectivity index (χ0) is 21.1. The molecule has 2 aromatic carbocycles. The fourth-order valence-corrected chi connectivity index (χ4v) is 2.69. The van der Waals surface area contributed by atoms with Gasteiger partial charge < -0.3 is 19.5 Å². The molecule has 156 valence electrons. The molecule has 0 spiro atoms. The average Bonchev–Trinajstić information content (AvgIpc) is 2.67. The van der Waals surface area contributed by atoms with E-state index in [4.69, 9.17) is 25.8 Å². The molecule has 0 saturated carbocycles. The van der Waals surface area contributed by atoms with Crippen LogP contribution in [0.3, 0.4) is 0 Å². The van der Waals surface area contributed by atoms with Gasteiger partial charge in [-0.05, 0) is 55.3 Å². The number of aryl methyl sites for hydroxylation is 1. The molecule has 2 rings (SSSR count). The van der Waals surface area contributed by atoms with Gasteiger partial charge in [-0.3, -0.25) is 10.1 Å². The Kier molecular flexibility index (Phi) is 9.27. The zero-order valence-electron chi connectivity index (χ0n) is 16.5. The van der Waals surface area contributed by atoms with E-state index in [1.54, 1.807) is 30.3 Å². The third-order valence-electron chi connectivity index (χ3n) is 3.86. The van der Waals surface area contributed by atoms with Crippen molar-refractivity contribution in [3.63, 3.8) is 0 Å². The van der Waals surface area contributed by atoms with Crippen LogP contribution in [0.15, 0.2) is 42.5 Å². The van der Waals surface area contributed by atoms with Crippen LogP contribution < -0.4 is 15.4 Å². The molecule has 0 aromatic heterocycles. The van der Waals surface area contributed by atoms with E-state index in [2.05, 4.69) is 10.6 Å². The number of ether oxygens (including phenoxy) is 3. The van der Waals surface area contributed by atoms with E-state index < -0.39 is 6.09 Å². The van der Waals surface area contributed by atoms with Crippen LogP contribution in [0.1, 0.15) is 18.4 Å². The first-order valence-electron chi connectivity index (χ1n) is 9.19. The number of halogens is 1. The average molecular weight is 421 g/mol. The van der Waals surface area contributed by atoms with E-state index in [9.17, 15) is 9.59 Å². The predicted molar refractivity (Wildman–Crippen MR) is 113 cm³/mol. The van der Waals surface area contributed by atoms with Gasteiger partial charge in [0.25, 0.3) is 0 Å². The van der Waals surface area contributed by atoms with Gasteiger partial charge >= 0.3 is 6.09 Å². The lowest BCUT2D eigenvalue weighted by Crippen LogP contribution is -2.17. The molecule has 2 N–H and O–H groups in total.